The fourth-order valence-corrected chi connectivity index (χ4v) is 8.82. The van der Waals surface area contributed by atoms with E-state index in [1.54, 1.807) is 0 Å². The van der Waals surface area contributed by atoms with Crippen LogP contribution in [0, 0.1) is 0 Å². The molecule has 0 bridgehead atoms. The highest BCUT2D eigenvalue weighted by Crippen LogP contribution is 2.40. The molecule has 3 heterocycles. The van der Waals surface area contributed by atoms with Crippen molar-refractivity contribution in [3.05, 3.63) is 206 Å². The van der Waals surface area contributed by atoms with E-state index in [-0.39, 0.29) is 0 Å². The minimum atomic E-state index is 0.901. The second-order valence-corrected chi connectivity index (χ2v) is 14.9. The molecule has 9 aromatic carbocycles. The van der Waals surface area contributed by atoms with Crippen LogP contribution < -0.4 is 4.90 Å². The number of aromatic nitrogens is 1. The number of fused-ring (bicyclic) bond motifs is 9. The molecule has 3 aromatic heterocycles. The van der Waals surface area contributed by atoms with E-state index in [2.05, 4.69) is 191 Å². The van der Waals surface area contributed by atoms with Crippen LogP contribution in [0.1, 0.15) is 0 Å². The molecular formula is C54H34N2O2. The normalized spacial score (nSPS) is 11.8. The third kappa shape index (κ3) is 5.16. The van der Waals surface area contributed by atoms with Crippen molar-refractivity contribution >= 4 is 82.7 Å². The monoisotopic (exact) mass is 742 g/mol. The average Bonchev–Trinajstić information content (AvgIpc) is 3.96. The van der Waals surface area contributed by atoms with Crippen LogP contribution in [-0.2, 0) is 0 Å². The van der Waals surface area contributed by atoms with E-state index in [4.69, 9.17) is 8.83 Å². The van der Waals surface area contributed by atoms with E-state index < -0.39 is 0 Å². The van der Waals surface area contributed by atoms with Gasteiger partial charge in [0.25, 0.3) is 0 Å². The Balaban J connectivity index is 0.947. The predicted octanol–water partition coefficient (Wildman–Crippen LogP) is 15.4. The molecule has 0 unspecified atom stereocenters. The fourth-order valence-electron chi connectivity index (χ4n) is 8.82. The molecule has 0 aliphatic heterocycles. The summed E-state index contributed by atoms with van der Waals surface area (Å²) in [5.41, 5.74) is 15.0. The van der Waals surface area contributed by atoms with Crippen molar-refractivity contribution in [2.75, 3.05) is 4.90 Å². The summed E-state index contributed by atoms with van der Waals surface area (Å²) in [6.45, 7) is 0. The fraction of sp³-hybridized carbons (Fsp3) is 0. The van der Waals surface area contributed by atoms with Gasteiger partial charge < -0.3 is 18.3 Å². The van der Waals surface area contributed by atoms with E-state index in [9.17, 15) is 0 Å². The summed E-state index contributed by atoms with van der Waals surface area (Å²) in [5.74, 6) is 0. The van der Waals surface area contributed by atoms with E-state index in [1.807, 2.05) is 24.3 Å². The summed E-state index contributed by atoms with van der Waals surface area (Å²) >= 11 is 0. The Kier molecular flexibility index (Phi) is 7.20. The Bertz CT molecular complexity index is 3290. The Hall–Kier alpha value is -7.82. The number of nitrogens with zero attached hydrogens (tertiary/aromatic N) is 2. The Morgan fingerprint density at radius 1 is 0.293 bits per heavy atom. The van der Waals surface area contributed by atoms with Gasteiger partial charge in [-0.2, -0.15) is 0 Å². The number of hydrogen-bond donors (Lipinski definition) is 0. The SMILES string of the molecule is c1ccc2c(c1)oc1ccc(-c3ccc(N(c4ccc(-c5ccc6oc7ccccc7c6c5)cc4)c4ccc(-n5c6ccccc6c6ccccc65)cc4)cc3)cc12. The van der Waals surface area contributed by atoms with Gasteiger partial charge in [0.1, 0.15) is 22.3 Å². The minimum Gasteiger partial charge on any atom is -0.456 e. The van der Waals surface area contributed by atoms with Crippen LogP contribution in [0.15, 0.2) is 215 Å². The maximum atomic E-state index is 6.12. The molecule has 12 rings (SSSR count). The van der Waals surface area contributed by atoms with Crippen molar-refractivity contribution in [2.45, 2.75) is 0 Å². The number of benzene rings is 9. The van der Waals surface area contributed by atoms with Gasteiger partial charge in [-0.1, -0.05) is 109 Å². The highest BCUT2D eigenvalue weighted by molar-refractivity contribution is 6.10. The van der Waals surface area contributed by atoms with Crippen molar-refractivity contribution in [2.24, 2.45) is 0 Å². The van der Waals surface area contributed by atoms with Gasteiger partial charge in [0.2, 0.25) is 0 Å². The van der Waals surface area contributed by atoms with E-state index >= 15 is 0 Å². The van der Waals surface area contributed by atoms with Crippen LogP contribution in [0.2, 0.25) is 0 Å². The minimum absolute atomic E-state index is 0.901. The first kappa shape index (κ1) is 32.4. The standard InChI is InChI=1S/C54H34N2O2/c1-5-13-49-43(9-1)44-10-2-6-14-50(44)56(49)42-29-27-41(28-30-42)55(39-23-17-35(18-24-39)37-21-31-53-47(33-37)45-11-3-7-15-51(45)57-53)40-25-19-36(20-26-40)38-22-32-54-48(34-38)46-12-4-8-16-52(46)58-54/h1-34H. The van der Waals surface area contributed by atoms with Crippen molar-refractivity contribution in [3.8, 4) is 27.9 Å². The molecule has 0 spiro atoms. The summed E-state index contributed by atoms with van der Waals surface area (Å²) in [6, 6.07) is 73.4. The number of rotatable bonds is 6. The molecular weight excluding hydrogens is 709 g/mol. The molecule has 272 valence electrons. The Morgan fingerprint density at radius 2 is 0.655 bits per heavy atom. The first-order valence-corrected chi connectivity index (χ1v) is 19.7. The summed E-state index contributed by atoms with van der Waals surface area (Å²) in [5, 5.41) is 7.03. The molecule has 0 N–H and O–H groups in total. The zero-order chi connectivity index (χ0) is 38.2. The lowest BCUT2D eigenvalue weighted by atomic mass is 10.0. The van der Waals surface area contributed by atoms with Gasteiger partial charge in [-0.3, -0.25) is 0 Å². The lowest BCUT2D eigenvalue weighted by Crippen LogP contribution is -2.10. The highest BCUT2D eigenvalue weighted by Gasteiger charge is 2.17. The number of para-hydroxylation sites is 4. The quantitative estimate of drug-likeness (QED) is 0.170. The first-order valence-electron chi connectivity index (χ1n) is 19.7. The number of furan rings is 2. The van der Waals surface area contributed by atoms with E-state index in [0.29, 0.717) is 0 Å². The molecule has 58 heavy (non-hydrogen) atoms. The lowest BCUT2D eigenvalue weighted by Gasteiger charge is -2.26. The third-order valence-corrected chi connectivity index (χ3v) is 11.6. The van der Waals surface area contributed by atoms with Gasteiger partial charge in [-0.25, -0.2) is 0 Å². The highest BCUT2D eigenvalue weighted by atomic mass is 16.3. The van der Waals surface area contributed by atoms with Gasteiger partial charge in [-0.15, -0.1) is 0 Å². The molecule has 12 aromatic rings. The second-order valence-electron chi connectivity index (χ2n) is 14.9. The van der Waals surface area contributed by atoms with Crippen molar-refractivity contribution < 1.29 is 8.83 Å². The van der Waals surface area contributed by atoms with Gasteiger partial charge in [-0.05, 0) is 119 Å². The molecule has 4 heteroatoms. The average molecular weight is 743 g/mol. The van der Waals surface area contributed by atoms with Crippen molar-refractivity contribution in [1.82, 2.24) is 4.57 Å². The molecule has 0 aliphatic carbocycles. The zero-order valence-corrected chi connectivity index (χ0v) is 31.3. The summed E-state index contributed by atoms with van der Waals surface area (Å²) < 4.78 is 14.6. The topological polar surface area (TPSA) is 34.5 Å². The summed E-state index contributed by atoms with van der Waals surface area (Å²) in [7, 11) is 0. The van der Waals surface area contributed by atoms with Gasteiger partial charge in [0.15, 0.2) is 0 Å². The Labute approximate surface area is 334 Å². The lowest BCUT2D eigenvalue weighted by molar-refractivity contribution is 0.668. The summed E-state index contributed by atoms with van der Waals surface area (Å²) in [4.78, 5) is 2.34. The number of anilines is 3. The molecule has 0 radical (unpaired) electrons. The van der Waals surface area contributed by atoms with Crippen LogP contribution in [0.5, 0.6) is 0 Å². The van der Waals surface area contributed by atoms with Crippen LogP contribution in [0.3, 0.4) is 0 Å². The van der Waals surface area contributed by atoms with Gasteiger partial charge >= 0.3 is 0 Å². The zero-order valence-electron chi connectivity index (χ0n) is 31.3. The first-order chi connectivity index (χ1) is 28.7. The molecule has 0 fully saturated rings. The van der Waals surface area contributed by atoms with E-state index in [1.165, 1.54) is 21.8 Å². The Morgan fingerprint density at radius 3 is 1.12 bits per heavy atom. The maximum absolute atomic E-state index is 6.12. The molecule has 0 atom stereocenters. The molecule has 0 aliphatic rings. The third-order valence-electron chi connectivity index (χ3n) is 11.6. The molecule has 0 saturated heterocycles. The van der Waals surface area contributed by atoms with Gasteiger partial charge in [0, 0.05) is 55.1 Å². The van der Waals surface area contributed by atoms with Gasteiger partial charge in [0.05, 0.1) is 11.0 Å². The molecule has 0 saturated carbocycles. The molecule has 0 amide bonds. The van der Waals surface area contributed by atoms with Crippen molar-refractivity contribution in [3.63, 3.8) is 0 Å². The smallest absolute Gasteiger partial charge is 0.135 e. The summed E-state index contributed by atoms with van der Waals surface area (Å²) in [6.07, 6.45) is 0. The van der Waals surface area contributed by atoms with E-state index in [0.717, 1.165) is 88.9 Å². The van der Waals surface area contributed by atoms with Crippen molar-refractivity contribution in [1.29, 1.82) is 0 Å². The maximum Gasteiger partial charge on any atom is 0.135 e. The van der Waals surface area contributed by atoms with Crippen LogP contribution in [0.25, 0.3) is 93.6 Å². The predicted molar refractivity (Wildman–Crippen MR) is 241 cm³/mol. The van der Waals surface area contributed by atoms with Crippen LogP contribution in [0.4, 0.5) is 17.1 Å². The second kappa shape index (κ2) is 12.9. The number of hydrogen-bond acceptors (Lipinski definition) is 3. The molecule has 4 nitrogen and oxygen atoms in total. The van der Waals surface area contributed by atoms with Crippen LogP contribution >= 0.6 is 0 Å². The van der Waals surface area contributed by atoms with Crippen LogP contribution in [-0.4, -0.2) is 4.57 Å². The largest absolute Gasteiger partial charge is 0.456 e.